The summed E-state index contributed by atoms with van der Waals surface area (Å²) < 4.78 is 26.1. The predicted octanol–water partition coefficient (Wildman–Crippen LogP) is 5.21. The first-order valence-corrected chi connectivity index (χ1v) is 17.8. The molecule has 48 heavy (non-hydrogen) atoms. The van der Waals surface area contributed by atoms with E-state index in [4.69, 9.17) is 9.47 Å². The maximum Gasteiger partial charge on any atom is 0.282 e. The number of ether oxygens (including phenoxy) is 2. The number of hydrogen-bond donors (Lipinski definition) is 1. The molecule has 2 saturated carbocycles. The summed E-state index contributed by atoms with van der Waals surface area (Å²) in [5, 5.41) is 11.5. The van der Waals surface area contributed by atoms with E-state index >= 15 is 0 Å². The zero-order valence-electron chi connectivity index (χ0n) is 29.2. The lowest BCUT2D eigenvalue weighted by molar-refractivity contribution is -0.134. The third-order valence-electron chi connectivity index (χ3n) is 11.2. The lowest BCUT2D eigenvalue weighted by atomic mass is 9.67. The molecule has 4 aliphatic rings. The van der Waals surface area contributed by atoms with Gasteiger partial charge in [0.1, 0.15) is 23.5 Å². The largest absolute Gasteiger partial charge is 0.434 e. The first kappa shape index (κ1) is 34.5. The van der Waals surface area contributed by atoms with Gasteiger partial charge in [0.25, 0.3) is 17.7 Å². The van der Waals surface area contributed by atoms with E-state index in [0.29, 0.717) is 17.2 Å². The number of piperidine rings is 1. The van der Waals surface area contributed by atoms with E-state index in [0.717, 1.165) is 64.8 Å². The zero-order chi connectivity index (χ0) is 34.1. The van der Waals surface area contributed by atoms with Gasteiger partial charge in [0.15, 0.2) is 5.82 Å². The van der Waals surface area contributed by atoms with Crippen LogP contribution >= 0.6 is 0 Å². The molecule has 2 aliphatic heterocycles. The van der Waals surface area contributed by atoms with Crippen molar-refractivity contribution in [3.63, 3.8) is 0 Å². The van der Waals surface area contributed by atoms with Crippen LogP contribution in [0, 0.1) is 17.2 Å². The van der Waals surface area contributed by atoms with Crippen molar-refractivity contribution in [2.24, 2.45) is 11.3 Å². The van der Waals surface area contributed by atoms with Crippen LogP contribution in [0.1, 0.15) is 95.8 Å². The fraction of sp³-hybridized carbons (Fsp3) is 0.694. The molecule has 12 heteroatoms. The lowest BCUT2D eigenvalue weighted by Crippen LogP contribution is -2.48. The van der Waals surface area contributed by atoms with Crippen molar-refractivity contribution in [1.82, 2.24) is 30.3 Å². The van der Waals surface area contributed by atoms with Crippen molar-refractivity contribution >= 4 is 17.6 Å². The Morgan fingerprint density at radius 2 is 1.73 bits per heavy atom. The highest BCUT2D eigenvalue weighted by atomic mass is 19.1. The Morgan fingerprint density at radius 3 is 2.38 bits per heavy atom. The number of hydrogen-bond acceptors (Lipinski definition) is 9. The fourth-order valence-corrected chi connectivity index (χ4v) is 8.19. The summed E-state index contributed by atoms with van der Waals surface area (Å²) in [6, 6.07) is 4.12. The van der Waals surface area contributed by atoms with Gasteiger partial charge in [-0.25, -0.2) is 9.37 Å². The van der Waals surface area contributed by atoms with Crippen LogP contribution in [0.2, 0.25) is 0 Å². The molecule has 2 aliphatic carbocycles. The summed E-state index contributed by atoms with van der Waals surface area (Å²) in [6.45, 7) is 12.7. The van der Waals surface area contributed by atoms with Crippen LogP contribution in [-0.4, -0.2) is 100 Å². The van der Waals surface area contributed by atoms with Gasteiger partial charge >= 0.3 is 0 Å². The van der Waals surface area contributed by atoms with E-state index in [9.17, 15) is 14.0 Å². The first-order valence-electron chi connectivity index (χ1n) is 17.8. The molecule has 0 bridgehead atoms. The van der Waals surface area contributed by atoms with Gasteiger partial charge in [0.2, 0.25) is 0 Å². The molecule has 11 nitrogen and oxygen atoms in total. The number of nitrogens with zero attached hydrogens (tertiary/aromatic N) is 6. The van der Waals surface area contributed by atoms with Gasteiger partial charge in [-0.2, -0.15) is 0 Å². The minimum absolute atomic E-state index is 0.0697. The molecule has 3 heterocycles. The Morgan fingerprint density at radius 1 is 1.02 bits per heavy atom. The van der Waals surface area contributed by atoms with E-state index in [1.54, 1.807) is 12.0 Å². The quantitative estimate of drug-likeness (QED) is 0.346. The molecule has 2 aromatic rings. The number of rotatable bonds is 11. The standard InChI is InChI=1S/C36H52FN7O4/c1-24(2)44(25(3)4)33(45)29-20-27(37)6-7-30(29)48-32-31(38-23-39-41-32)43-17-10-26(22-43)21-42-18-15-35(16-19-42)11-8-28(9-12-35)40-34(46)36(47-5)13-14-36/h6-7,20,23-26,28H,8-19,21-22H2,1-5H3,(H,40,46)/t26-/m0/s1. The maximum absolute atomic E-state index is 14.4. The van der Waals surface area contributed by atoms with Crippen LogP contribution in [-0.2, 0) is 9.53 Å². The monoisotopic (exact) mass is 665 g/mol. The van der Waals surface area contributed by atoms with Crippen LogP contribution in [0.15, 0.2) is 24.5 Å². The molecular weight excluding hydrogens is 613 g/mol. The minimum Gasteiger partial charge on any atom is -0.434 e. The number of aromatic nitrogens is 3. The first-order chi connectivity index (χ1) is 23.0. The third-order valence-corrected chi connectivity index (χ3v) is 11.2. The normalized spacial score (nSPS) is 22.3. The Labute approximate surface area is 283 Å². The Bertz CT molecular complexity index is 1440. The molecule has 1 N–H and O–H groups in total. The summed E-state index contributed by atoms with van der Waals surface area (Å²) >= 11 is 0. The summed E-state index contributed by atoms with van der Waals surface area (Å²) in [5.74, 6) is 0.778. The fourth-order valence-electron chi connectivity index (χ4n) is 8.19. The molecule has 1 aromatic carbocycles. The summed E-state index contributed by atoms with van der Waals surface area (Å²) in [5.41, 5.74) is -0.00409. The molecule has 6 rings (SSSR count). The van der Waals surface area contributed by atoms with Gasteiger partial charge in [0.05, 0.1) is 5.56 Å². The van der Waals surface area contributed by atoms with Crippen molar-refractivity contribution in [2.45, 2.75) is 109 Å². The van der Waals surface area contributed by atoms with Crippen LogP contribution < -0.4 is 15.0 Å². The topological polar surface area (TPSA) is 113 Å². The summed E-state index contributed by atoms with van der Waals surface area (Å²) in [4.78, 5) is 37.2. The molecular formula is C36H52FN7O4. The molecule has 1 atom stereocenters. The number of anilines is 1. The van der Waals surface area contributed by atoms with E-state index in [1.807, 2.05) is 27.7 Å². The van der Waals surface area contributed by atoms with Crippen molar-refractivity contribution in [2.75, 3.05) is 44.7 Å². The van der Waals surface area contributed by atoms with E-state index in [2.05, 4.69) is 30.3 Å². The van der Waals surface area contributed by atoms with Crippen LogP contribution in [0.3, 0.4) is 0 Å². The number of benzene rings is 1. The highest BCUT2D eigenvalue weighted by Gasteiger charge is 2.51. The molecule has 1 spiro atoms. The molecule has 2 saturated heterocycles. The van der Waals surface area contributed by atoms with Gasteiger partial charge < -0.3 is 29.5 Å². The van der Waals surface area contributed by atoms with Gasteiger partial charge in [-0.1, -0.05) is 0 Å². The zero-order valence-corrected chi connectivity index (χ0v) is 29.2. The SMILES string of the molecule is COC1(C(=O)NC2CCC3(CC2)CCN(C[C@@H]2CCN(c4ncnnc4Oc4ccc(F)cc4C(=O)N(C(C)C)C(C)C)C2)CC3)CC1. The summed E-state index contributed by atoms with van der Waals surface area (Å²) in [6.07, 6.45) is 11.0. The maximum atomic E-state index is 14.4. The summed E-state index contributed by atoms with van der Waals surface area (Å²) in [7, 11) is 1.64. The second-order valence-electron chi connectivity index (χ2n) is 15.1. The third kappa shape index (κ3) is 7.44. The second-order valence-corrected chi connectivity index (χ2v) is 15.1. The van der Waals surface area contributed by atoms with E-state index in [1.165, 1.54) is 50.2 Å². The smallest absolute Gasteiger partial charge is 0.282 e. The molecule has 1 aromatic heterocycles. The molecule has 0 radical (unpaired) electrons. The molecule has 4 fully saturated rings. The average Bonchev–Trinajstić information content (AvgIpc) is 3.75. The van der Waals surface area contributed by atoms with Gasteiger partial charge in [-0.05, 0) is 128 Å². The Balaban J connectivity index is 1.02. The van der Waals surface area contributed by atoms with Gasteiger partial charge in [0, 0.05) is 44.9 Å². The number of methoxy groups -OCH3 is 1. The van der Waals surface area contributed by atoms with Crippen molar-refractivity contribution < 1.29 is 23.5 Å². The number of carbonyl (C=O) groups is 2. The van der Waals surface area contributed by atoms with Gasteiger partial charge in [-0.3, -0.25) is 9.59 Å². The van der Waals surface area contributed by atoms with Crippen LogP contribution in [0.4, 0.5) is 10.2 Å². The van der Waals surface area contributed by atoms with E-state index < -0.39 is 11.4 Å². The Kier molecular flexibility index (Phi) is 10.2. The number of likely N-dealkylation sites (tertiary alicyclic amines) is 1. The van der Waals surface area contributed by atoms with Crippen molar-refractivity contribution in [3.8, 4) is 11.6 Å². The average molecular weight is 666 g/mol. The number of halogens is 1. The highest BCUT2D eigenvalue weighted by molar-refractivity contribution is 5.97. The lowest BCUT2D eigenvalue weighted by Gasteiger charge is -2.46. The minimum atomic E-state index is -0.551. The van der Waals surface area contributed by atoms with Crippen LogP contribution in [0.25, 0.3) is 0 Å². The number of nitrogens with one attached hydrogen (secondary N) is 1. The number of carbonyl (C=O) groups excluding carboxylic acids is 2. The molecule has 2 amide bonds. The predicted molar refractivity (Wildman–Crippen MR) is 181 cm³/mol. The Hall–Kier alpha value is -3.38. The van der Waals surface area contributed by atoms with Gasteiger partial charge in [-0.15, -0.1) is 10.2 Å². The molecule has 0 unspecified atom stereocenters. The number of amides is 2. The van der Waals surface area contributed by atoms with E-state index in [-0.39, 0.29) is 47.1 Å². The highest BCUT2D eigenvalue weighted by Crippen LogP contribution is 2.46. The van der Waals surface area contributed by atoms with Crippen LogP contribution in [0.5, 0.6) is 11.6 Å². The molecule has 262 valence electrons. The second kappa shape index (κ2) is 14.2. The van der Waals surface area contributed by atoms with Crippen molar-refractivity contribution in [1.29, 1.82) is 0 Å². The van der Waals surface area contributed by atoms with Crippen molar-refractivity contribution in [3.05, 3.63) is 35.9 Å².